The van der Waals surface area contributed by atoms with Gasteiger partial charge in [0.2, 0.25) is 11.8 Å². The van der Waals surface area contributed by atoms with Gasteiger partial charge in [0.1, 0.15) is 6.20 Å². The molecule has 0 radical (unpaired) electrons. The summed E-state index contributed by atoms with van der Waals surface area (Å²) in [6.45, 7) is 0.448. The summed E-state index contributed by atoms with van der Waals surface area (Å²) < 4.78 is 5.03. The Morgan fingerprint density at radius 3 is 3.00 bits per heavy atom. The average Bonchev–Trinajstić information content (AvgIpc) is 2.39. The maximum absolute atomic E-state index is 10.9. The first-order chi connectivity index (χ1) is 9.60. The smallest absolute Gasteiger partial charge is 0.329 e. The Kier molecular flexibility index (Phi) is 4.06. The van der Waals surface area contributed by atoms with Crippen LogP contribution in [0.15, 0.2) is 30.5 Å². The Labute approximate surface area is 114 Å². The fraction of sp³-hybridized carbons (Fsp3) is 0.167. The Morgan fingerprint density at radius 2 is 2.30 bits per heavy atom. The molecule has 0 unspecified atom stereocenters. The minimum atomic E-state index is -0.569. The molecule has 2 rings (SSSR count). The number of anilines is 3. The molecule has 0 amide bonds. The van der Waals surface area contributed by atoms with Crippen molar-refractivity contribution in [1.82, 2.24) is 9.97 Å². The van der Waals surface area contributed by atoms with Gasteiger partial charge in [-0.05, 0) is 17.7 Å². The fourth-order valence-electron chi connectivity index (χ4n) is 1.66. The first-order valence-electron chi connectivity index (χ1n) is 5.72. The third-order valence-electron chi connectivity index (χ3n) is 2.49. The molecular formula is C12H13N5O3. The van der Waals surface area contributed by atoms with Crippen LogP contribution in [0.2, 0.25) is 0 Å². The van der Waals surface area contributed by atoms with E-state index < -0.39 is 4.92 Å². The van der Waals surface area contributed by atoms with E-state index >= 15 is 0 Å². The predicted molar refractivity (Wildman–Crippen MR) is 73.5 cm³/mol. The van der Waals surface area contributed by atoms with E-state index in [4.69, 9.17) is 10.5 Å². The van der Waals surface area contributed by atoms with Gasteiger partial charge in [-0.25, -0.2) is 4.98 Å². The van der Waals surface area contributed by atoms with Crippen LogP contribution >= 0.6 is 0 Å². The van der Waals surface area contributed by atoms with Crippen molar-refractivity contribution in [2.45, 2.75) is 6.61 Å². The lowest BCUT2D eigenvalue weighted by Crippen LogP contribution is -2.04. The number of hydrogen-bond acceptors (Lipinski definition) is 7. The molecule has 8 heteroatoms. The van der Waals surface area contributed by atoms with Crippen LogP contribution in [0.3, 0.4) is 0 Å². The van der Waals surface area contributed by atoms with Crippen LogP contribution in [-0.2, 0) is 11.3 Å². The average molecular weight is 275 g/mol. The van der Waals surface area contributed by atoms with E-state index in [1.807, 2.05) is 18.2 Å². The molecule has 0 aliphatic heterocycles. The summed E-state index contributed by atoms with van der Waals surface area (Å²) in [5.74, 6) is 0.0169. The monoisotopic (exact) mass is 275 g/mol. The standard InChI is InChI=1S/C12H13N5O3/c1-20-7-8-3-2-4-9(5-8)15-11-10(17(18)19)6-14-12(13)16-11/h2-6H,7H2,1H3,(H3,13,14,15,16). The number of nitrogens with zero attached hydrogens (tertiary/aromatic N) is 3. The molecule has 2 aromatic rings. The van der Waals surface area contributed by atoms with E-state index in [2.05, 4.69) is 15.3 Å². The molecule has 0 atom stereocenters. The van der Waals surface area contributed by atoms with Crippen LogP contribution in [0.25, 0.3) is 0 Å². The molecule has 0 bridgehead atoms. The predicted octanol–water partition coefficient (Wildman–Crippen LogP) is 1.86. The first-order valence-corrected chi connectivity index (χ1v) is 5.72. The van der Waals surface area contributed by atoms with Crippen molar-refractivity contribution in [2.75, 3.05) is 18.2 Å². The molecule has 0 saturated heterocycles. The number of nitrogens with one attached hydrogen (secondary N) is 1. The number of ether oxygens (including phenoxy) is 1. The van der Waals surface area contributed by atoms with E-state index in [1.165, 1.54) is 0 Å². The maximum Gasteiger partial charge on any atom is 0.329 e. The number of benzene rings is 1. The largest absolute Gasteiger partial charge is 0.380 e. The quantitative estimate of drug-likeness (QED) is 0.631. The van der Waals surface area contributed by atoms with Crippen molar-refractivity contribution in [3.63, 3.8) is 0 Å². The van der Waals surface area contributed by atoms with Crippen LogP contribution in [0.5, 0.6) is 0 Å². The van der Waals surface area contributed by atoms with Crippen molar-refractivity contribution >= 4 is 23.1 Å². The Balaban J connectivity index is 2.31. The number of methoxy groups -OCH3 is 1. The molecule has 3 N–H and O–H groups in total. The third kappa shape index (κ3) is 3.18. The highest BCUT2D eigenvalue weighted by atomic mass is 16.6. The lowest BCUT2D eigenvalue weighted by molar-refractivity contribution is -0.384. The maximum atomic E-state index is 10.9. The van der Waals surface area contributed by atoms with Gasteiger partial charge in [0.15, 0.2) is 0 Å². The van der Waals surface area contributed by atoms with Crippen LogP contribution in [0, 0.1) is 10.1 Å². The van der Waals surface area contributed by atoms with Crippen LogP contribution in [0.1, 0.15) is 5.56 Å². The van der Waals surface area contributed by atoms with E-state index in [1.54, 1.807) is 13.2 Å². The number of rotatable bonds is 5. The molecule has 0 spiro atoms. The van der Waals surface area contributed by atoms with E-state index in [0.717, 1.165) is 11.8 Å². The third-order valence-corrected chi connectivity index (χ3v) is 2.49. The van der Waals surface area contributed by atoms with Gasteiger partial charge in [-0.15, -0.1) is 0 Å². The topological polar surface area (TPSA) is 116 Å². The molecule has 1 aromatic heterocycles. The highest BCUT2D eigenvalue weighted by Crippen LogP contribution is 2.25. The molecule has 0 fully saturated rings. The molecule has 0 aliphatic carbocycles. The first kappa shape index (κ1) is 13.7. The van der Waals surface area contributed by atoms with E-state index in [-0.39, 0.29) is 17.5 Å². The molecule has 1 heterocycles. The highest BCUT2D eigenvalue weighted by molar-refractivity contribution is 5.66. The van der Waals surface area contributed by atoms with Crippen molar-refractivity contribution in [3.8, 4) is 0 Å². The van der Waals surface area contributed by atoms with Gasteiger partial charge in [0.05, 0.1) is 11.5 Å². The fourth-order valence-corrected chi connectivity index (χ4v) is 1.66. The number of nitrogens with two attached hydrogens (primary N) is 1. The Bertz CT molecular complexity index is 632. The van der Waals surface area contributed by atoms with Gasteiger partial charge in [0.25, 0.3) is 0 Å². The lowest BCUT2D eigenvalue weighted by Gasteiger charge is -2.08. The molecule has 20 heavy (non-hydrogen) atoms. The lowest BCUT2D eigenvalue weighted by atomic mass is 10.2. The molecule has 0 saturated carbocycles. The zero-order valence-corrected chi connectivity index (χ0v) is 10.7. The zero-order chi connectivity index (χ0) is 14.5. The van der Waals surface area contributed by atoms with Crippen LogP contribution in [-0.4, -0.2) is 22.0 Å². The van der Waals surface area contributed by atoms with E-state index in [0.29, 0.717) is 12.3 Å². The van der Waals surface area contributed by atoms with Crippen molar-refractivity contribution in [1.29, 1.82) is 0 Å². The van der Waals surface area contributed by atoms with Crippen molar-refractivity contribution in [3.05, 3.63) is 46.1 Å². The van der Waals surface area contributed by atoms with Gasteiger partial charge in [0, 0.05) is 12.8 Å². The second-order valence-electron chi connectivity index (χ2n) is 3.98. The Hall–Kier alpha value is -2.74. The van der Waals surface area contributed by atoms with Gasteiger partial charge in [-0.1, -0.05) is 12.1 Å². The molecular weight excluding hydrogens is 262 g/mol. The molecule has 1 aromatic carbocycles. The second kappa shape index (κ2) is 5.93. The van der Waals surface area contributed by atoms with E-state index in [9.17, 15) is 10.1 Å². The highest BCUT2D eigenvalue weighted by Gasteiger charge is 2.16. The van der Waals surface area contributed by atoms with Gasteiger partial charge in [-0.2, -0.15) is 4.98 Å². The van der Waals surface area contributed by atoms with Crippen molar-refractivity contribution in [2.24, 2.45) is 0 Å². The van der Waals surface area contributed by atoms with Gasteiger partial charge >= 0.3 is 5.69 Å². The number of nitro groups is 1. The van der Waals surface area contributed by atoms with Crippen LogP contribution in [0.4, 0.5) is 23.1 Å². The van der Waals surface area contributed by atoms with Crippen LogP contribution < -0.4 is 11.1 Å². The second-order valence-corrected chi connectivity index (χ2v) is 3.98. The summed E-state index contributed by atoms with van der Waals surface area (Å²) in [5.41, 5.74) is 6.80. The number of aromatic nitrogens is 2. The summed E-state index contributed by atoms with van der Waals surface area (Å²) in [6.07, 6.45) is 1.07. The minimum absolute atomic E-state index is 0.0360. The zero-order valence-electron chi connectivity index (χ0n) is 10.7. The SMILES string of the molecule is COCc1cccc(Nc2nc(N)ncc2[N+](=O)[O-])c1. The Morgan fingerprint density at radius 1 is 1.50 bits per heavy atom. The molecule has 0 aliphatic rings. The normalized spacial score (nSPS) is 10.2. The number of nitrogen functional groups attached to an aromatic ring is 1. The summed E-state index contributed by atoms with van der Waals surface area (Å²) in [7, 11) is 1.59. The minimum Gasteiger partial charge on any atom is -0.380 e. The molecule has 104 valence electrons. The number of hydrogen-bond donors (Lipinski definition) is 2. The molecule has 8 nitrogen and oxygen atoms in total. The van der Waals surface area contributed by atoms with Gasteiger partial charge in [-0.3, -0.25) is 10.1 Å². The van der Waals surface area contributed by atoms with Crippen molar-refractivity contribution < 1.29 is 9.66 Å². The summed E-state index contributed by atoms with van der Waals surface area (Å²) in [5, 5.41) is 13.8. The van der Waals surface area contributed by atoms with Gasteiger partial charge < -0.3 is 15.8 Å². The summed E-state index contributed by atoms with van der Waals surface area (Å²) in [6, 6.07) is 7.28. The summed E-state index contributed by atoms with van der Waals surface area (Å²) in [4.78, 5) is 17.8. The summed E-state index contributed by atoms with van der Waals surface area (Å²) >= 11 is 0.